The van der Waals surface area contributed by atoms with Gasteiger partial charge in [-0.25, -0.2) is 9.97 Å². The van der Waals surface area contributed by atoms with Crippen LogP contribution in [0.15, 0.2) is 85.3 Å². The van der Waals surface area contributed by atoms with Crippen LogP contribution in [0.3, 0.4) is 0 Å². The summed E-state index contributed by atoms with van der Waals surface area (Å²) in [7, 11) is 0. The average Bonchev–Trinajstić information content (AvgIpc) is 3.39. The van der Waals surface area contributed by atoms with E-state index < -0.39 is 0 Å². The van der Waals surface area contributed by atoms with Gasteiger partial charge in [-0.2, -0.15) is 0 Å². The minimum atomic E-state index is -0.193. The molecule has 0 amide bonds. The number of ketones is 1. The van der Waals surface area contributed by atoms with Crippen LogP contribution in [0.1, 0.15) is 21.5 Å². The number of anilines is 2. The molecule has 1 aliphatic rings. The van der Waals surface area contributed by atoms with Crippen molar-refractivity contribution < 1.29 is 9.53 Å². The highest BCUT2D eigenvalue weighted by Gasteiger charge is 2.25. The van der Waals surface area contributed by atoms with E-state index in [1.165, 1.54) is 17.6 Å². The fourth-order valence-electron chi connectivity index (χ4n) is 4.81. The van der Waals surface area contributed by atoms with Crippen molar-refractivity contribution in [2.24, 2.45) is 0 Å². The molecule has 190 valence electrons. The highest BCUT2D eigenvalue weighted by molar-refractivity contribution is 6.35. The molecule has 1 N–H and O–H groups in total. The number of halogens is 1. The third-order valence-electron chi connectivity index (χ3n) is 6.84. The van der Waals surface area contributed by atoms with Crippen molar-refractivity contribution in [2.75, 3.05) is 36.0 Å². The van der Waals surface area contributed by atoms with E-state index in [2.05, 4.69) is 55.9 Å². The number of benzene rings is 3. The van der Waals surface area contributed by atoms with Crippen LogP contribution in [0.4, 0.5) is 11.5 Å². The van der Waals surface area contributed by atoms with Gasteiger partial charge in [-0.15, -0.1) is 0 Å². The molecule has 1 fully saturated rings. The number of aryl methyl sites for hydroxylation is 1. The largest absolute Gasteiger partial charge is 0.457 e. The quantitative estimate of drug-likeness (QED) is 0.264. The van der Waals surface area contributed by atoms with Crippen LogP contribution in [0.5, 0.6) is 11.5 Å². The molecule has 3 aromatic carbocycles. The first-order valence-electron chi connectivity index (χ1n) is 12.5. The van der Waals surface area contributed by atoms with Crippen LogP contribution in [-0.2, 0) is 0 Å². The average molecular weight is 524 g/mol. The predicted molar refractivity (Wildman–Crippen MR) is 151 cm³/mol. The lowest BCUT2D eigenvalue weighted by molar-refractivity contribution is 0.104. The van der Waals surface area contributed by atoms with Gasteiger partial charge in [-0.3, -0.25) is 4.79 Å². The zero-order valence-corrected chi connectivity index (χ0v) is 21.7. The lowest BCUT2D eigenvalue weighted by Crippen LogP contribution is -2.47. The fourth-order valence-corrected chi connectivity index (χ4v) is 5.07. The number of nitrogens with zero attached hydrogens (tertiary/aromatic N) is 4. The number of piperazine rings is 1. The molecule has 0 radical (unpaired) electrons. The summed E-state index contributed by atoms with van der Waals surface area (Å²) in [6.45, 7) is 5.38. The summed E-state index contributed by atoms with van der Waals surface area (Å²) in [5.41, 5.74) is 3.98. The number of rotatable bonds is 6. The van der Waals surface area contributed by atoms with Gasteiger partial charge in [-0.1, -0.05) is 47.5 Å². The van der Waals surface area contributed by atoms with Gasteiger partial charge in [0.25, 0.3) is 0 Å². The Morgan fingerprint density at radius 2 is 1.61 bits per heavy atom. The molecular formula is C30H26ClN5O2. The Bertz CT molecular complexity index is 1590. The summed E-state index contributed by atoms with van der Waals surface area (Å²) in [6, 6.07) is 23.2. The van der Waals surface area contributed by atoms with E-state index in [9.17, 15) is 4.79 Å². The molecule has 6 rings (SSSR count). The number of hydrogen-bond acceptors (Lipinski definition) is 6. The first-order chi connectivity index (χ1) is 18.6. The van der Waals surface area contributed by atoms with Crippen molar-refractivity contribution in [3.63, 3.8) is 0 Å². The molecule has 0 bridgehead atoms. The highest BCUT2D eigenvalue weighted by Crippen LogP contribution is 2.33. The van der Waals surface area contributed by atoms with Gasteiger partial charge < -0.3 is 19.5 Å². The van der Waals surface area contributed by atoms with Gasteiger partial charge in [0.15, 0.2) is 5.78 Å². The number of hydrogen-bond donors (Lipinski definition) is 1. The number of para-hydroxylation sites is 1. The van der Waals surface area contributed by atoms with E-state index in [0.29, 0.717) is 38.7 Å². The SMILES string of the molecule is Cc1ccc(N2CCN(c3ncnc4[nH]cc(C(=O)c5ccc(Oc6ccccc6)cc5Cl)c34)CC2)cc1. The van der Waals surface area contributed by atoms with Crippen LogP contribution in [-0.4, -0.2) is 46.9 Å². The fraction of sp³-hybridized carbons (Fsp3) is 0.167. The summed E-state index contributed by atoms with van der Waals surface area (Å²) < 4.78 is 5.87. The summed E-state index contributed by atoms with van der Waals surface area (Å²) >= 11 is 6.57. The van der Waals surface area contributed by atoms with Crippen molar-refractivity contribution in [1.82, 2.24) is 15.0 Å². The van der Waals surface area contributed by atoms with Crippen molar-refractivity contribution in [3.05, 3.63) is 107 Å². The lowest BCUT2D eigenvalue weighted by Gasteiger charge is -2.37. The number of carbonyl (C=O) groups excluding carboxylic acids is 1. The number of ether oxygens (including phenoxy) is 1. The van der Waals surface area contributed by atoms with E-state index >= 15 is 0 Å². The molecule has 5 aromatic rings. The Hall–Kier alpha value is -4.36. The maximum Gasteiger partial charge on any atom is 0.196 e. The van der Waals surface area contributed by atoms with Gasteiger partial charge in [0.2, 0.25) is 0 Å². The van der Waals surface area contributed by atoms with E-state index in [0.717, 1.165) is 32.0 Å². The van der Waals surface area contributed by atoms with Crippen LogP contribution < -0.4 is 14.5 Å². The second-order valence-electron chi connectivity index (χ2n) is 9.32. The number of nitrogens with one attached hydrogen (secondary N) is 1. The van der Waals surface area contributed by atoms with E-state index in [4.69, 9.17) is 16.3 Å². The van der Waals surface area contributed by atoms with Gasteiger partial charge in [-0.05, 0) is 43.3 Å². The Labute approximate surface area is 225 Å². The predicted octanol–water partition coefficient (Wildman–Crippen LogP) is 6.27. The summed E-state index contributed by atoms with van der Waals surface area (Å²) in [6.07, 6.45) is 3.23. The minimum Gasteiger partial charge on any atom is -0.457 e. The Kier molecular flexibility index (Phi) is 6.43. The first kappa shape index (κ1) is 24.0. The molecule has 0 saturated carbocycles. The van der Waals surface area contributed by atoms with Crippen molar-refractivity contribution >= 4 is 39.9 Å². The maximum absolute atomic E-state index is 13.7. The number of aromatic amines is 1. The molecule has 0 spiro atoms. The second kappa shape index (κ2) is 10.2. The van der Waals surface area contributed by atoms with Gasteiger partial charge in [0.1, 0.15) is 29.3 Å². The minimum absolute atomic E-state index is 0.193. The number of fused-ring (bicyclic) bond motifs is 1. The van der Waals surface area contributed by atoms with Gasteiger partial charge in [0.05, 0.1) is 16.0 Å². The Balaban J connectivity index is 1.25. The molecule has 8 heteroatoms. The van der Waals surface area contributed by atoms with Crippen molar-refractivity contribution in [3.8, 4) is 11.5 Å². The summed E-state index contributed by atoms with van der Waals surface area (Å²) in [4.78, 5) is 30.4. The van der Waals surface area contributed by atoms with Crippen LogP contribution >= 0.6 is 11.6 Å². The molecule has 2 aromatic heterocycles. The third-order valence-corrected chi connectivity index (χ3v) is 7.15. The van der Waals surface area contributed by atoms with Gasteiger partial charge >= 0.3 is 0 Å². The Morgan fingerprint density at radius 3 is 2.34 bits per heavy atom. The number of carbonyl (C=O) groups is 1. The van der Waals surface area contributed by atoms with Crippen LogP contribution in [0.2, 0.25) is 5.02 Å². The first-order valence-corrected chi connectivity index (χ1v) is 12.9. The molecule has 1 aliphatic heterocycles. The standard InChI is InChI=1S/C30H26ClN5O2/c1-20-7-9-21(10-8-20)35-13-15-36(16-14-35)30-27-25(18-32-29(27)33-19-34-30)28(37)24-12-11-23(17-26(24)31)38-22-5-3-2-4-6-22/h2-12,17-19H,13-16H2,1H3,(H,32,33,34). The van der Waals surface area contributed by atoms with E-state index in [1.54, 1.807) is 24.4 Å². The molecule has 0 aliphatic carbocycles. The normalized spacial score (nSPS) is 13.6. The molecule has 7 nitrogen and oxygen atoms in total. The smallest absolute Gasteiger partial charge is 0.196 e. The number of aromatic nitrogens is 3. The molecule has 38 heavy (non-hydrogen) atoms. The molecular weight excluding hydrogens is 498 g/mol. The lowest BCUT2D eigenvalue weighted by atomic mass is 10.0. The topological polar surface area (TPSA) is 74.4 Å². The van der Waals surface area contributed by atoms with E-state index in [-0.39, 0.29) is 5.78 Å². The molecule has 0 atom stereocenters. The van der Waals surface area contributed by atoms with Crippen LogP contribution in [0.25, 0.3) is 11.0 Å². The van der Waals surface area contributed by atoms with Gasteiger partial charge in [0, 0.05) is 49.7 Å². The zero-order valence-electron chi connectivity index (χ0n) is 20.9. The molecule has 1 saturated heterocycles. The molecule has 0 unspecified atom stereocenters. The summed E-state index contributed by atoms with van der Waals surface area (Å²) in [5, 5.41) is 1.03. The zero-order chi connectivity index (χ0) is 26.1. The highest BCUT2D eigenvalue weighted by atomic mass is 35.5. The Morgan fingerprint density at radius 1 is 0.868 bits per heavy atom. The second-order valence-corrected chi connectivity index (χ2v) is 9.73. The summed E-state index contributed by atoms with van der Waals surface area (Å²) in [5.74, 6) is 1.82. The molecule has 3 heterocycles. The maximum atomic E-state index is 13.7. The third kappa shape index (κ3) is 4.68. The van der Waals surface area contributed by atoms with Crippen molar-refractivity contribution in [2.45, 2.75) is 6.92 Å². The van der Waals surface area contributed by atoms with E-state index in [1.807, 2.05) is 30.3 Å². The van der Waals surface area contributed by atoms with Crippen molar-refractivity contribution in [1.29, 1.82) is 0 Å². The number of H-pyrrole nitrogens is 1. The van der Waals surface area contributed by atoms with Crippen LogP contribution in [0, 0.1) is 6.92 Å². The monoisotopic (exact) mass is 523 g/mol.